The molecule has 8 aromatic rings. The number of hydrogen-bond acceptors (Lipinski definition) is 6. The zero-order valence-electron chi connectivity index (χ0n) is 37.8. The molecule has 11 rings (SSSR count). The maximum Gasteiger partial charge on any atom is 2.00 e. The summed E-state index contributed by atoms with van der Waals surface area (Å²) in [6, 6.07) is 50.6. The van der Waals surface area contributed by atoms with Gasteiger partial charge in [0.2, 0.25) is 0 Å². The van der Waals surface area contributed by atoms with Crippen LogP contribution >= 0.6 is 0 Å². The zero-order chi connectivity index (χ0) is 44.2. The quantitative estimate of drug-likeness (QED) is 0.161. The Morgan fingerprint density at radius 3 is 1.12 bits per heavy atom. The summed E-state index contributed by atoms with van der Waals surface area (Å²) < 4.78 is 0. The molecular weight excluding hydrogens is 843 g/mol. The first kappa shape index (κ1) is 42.1. The van der Waals surface area contributed by atoms with E-state index in [1.54, 1.807) is 0 Å². The zero-order valence-corrected chi connectivity index (χ0v) is 38.7. The fourth-order valence-electron chi connectivity index (χ4n) is 9.25. The number of benzene rings is 6. The summed E-state index contributed by atoms with van der Waals surface area (Å²) in [4.78, 5) is 43.7. The molecule has 3 aliphatic rings. The van der Waals surface area contributed by atoms with E-state index in [2.05, 4.69) is 177 Å². The number of nitrogens with zero attached hydrogens (tertiary/aromatic N) is 8. The van der Waals surface area contributed by atoms with Gasteiger partial charge in [0.05, 0.1) is 23.3 Å². The van der Waals surface area contributed by atoms with E-state index in [1.165, 1.54) is 0 Å². The van der Waals surface area contributed by atoms with Gasteiger partial charge >= 0.3 is 16.5 Å². The average molecular weight is 892 g/mol. The third-order valence-electron chi connectivity index (χ3n) is 14.7. The predicted octanol–water partition coefficient (Wildman–Crippen LogP) is 12.5. The van der Waals surface area contributed by atoms with Crippen molar-refractivity contribution < 1.29 is 16.5 Å². The molecular formula is C56H48N8Ni. The molecule has 65 heavy (non-hydrogen) atoms. The summed E-state index contributed by atoms with van der Waals surface area (Å²) in [5.41, 5.74) is 8.98. The third kappa shape index (κ3) is 6.38. The molecule has 0 amide bonds. The van der Waals surface area contributed by atoms with Gasteiger partial charge in [-0.3, -0.25) is 4.98 Å². The van der Waals surface area contributed by atoms with Gasteiger partial charge < -0.3 is 29.9 Å². The van der Waals surface area contributed by atoms with Gasteiger partial charge in [-0.1, -0.05) is 201 Å². The van der Waals surface area contributed by atoms with Crippen molar-refractivity contribution in [1.82, 2.24) is 39.9 Å². The molecule has 0 N–H and O–H groups in total. The smallest absolute Gasteiger partial charge is 0.366 e. The molecule has 6 aromatic carbocycles. The third-order valence-corrected chi connectivity index (χ3v) is 14.7. The van der Waals surface area contributed by atoms with Crippen LogP contribution in [0, 0.1) is 0 Å². The van der Waals surface area contributed by atoms with Crippen LogP contribution in [0.3, 0.4) is 0 Å². The summed E-state index contributed by atoms with van der Waals surface area (Å²) in [5.74, 6) is 3.73. The second kappa shape index (κ2) is 15.1. The molecule has 0 saturated heterocycles. The molecule has 9 heteroatoms. The molecule has 0 unspecified atom stereocenters. The molecule has 0 radical (unpaired) electrons. The van der Waals surface area contributed by atoms with Crippen molar-refractivity contribution in [3.8, 4) is 67.3 Å². The molecule has 0 fully saturated rings. The molecule has 5 heterocycles. The summed E-state index contributed by atoms with van der Waals surface area (Å²) in [6.45, 7) is 17.6. The van der Waals surface area contributed by atoms with E-state index < -0.39 is 21.7 Å². The molecule has 0 aliphatic carbocycles. The minimum absolute atomic E-state index is 0. The summed E-state index contributed by atoms with van der Waals surface area (Å²) in [6.07, 6.45) is 0. The molecule has 0 spiro atoms. The van der Waals surface area contributed by atoms with Crippen LogP contribution in [0.1, 0.15) is 78.7 Å². The Bertz CT molecular complexity index is 3370. The Kier molecular flexibility index (Phi) is 9.81. The van der Waals surface area contributed by atoms with Gasteiger partial charge in [-0.25, -0.2) is 4.98 Å². The van der Waals surface area contributed by atoms with Crippen molar-refractivity contribution in [3.63, 3.8) is 0 Å². The molecule has 0 atom stereocenters. The minimum atomic E-state index is -0.529. The fourth-order valence-corrected chi connectivity index (χ4v) is 9.25. The maximum atomic E-state index is 5.63. The van der Waals surface area contributed by atoms with Crippen LogP contribution in [0.25, 0.3) is 89.4 Å². The van der Waals surface area contributed by atoms with E-state index in [0.717, 1.165) is 66.4 Å². The predicted molar refractivity (Wildman–Crippen MR) is 257 cm³/mol. The first-order valence-electron chi connectivity index (χ1n) is 22.0. The first-order chi connectivity index (χ1) is 30.8. The Morgan fingerprint density at radius 1 is 0.323 bits per heavy atom. The number of rotatable bonds is 4. The Hall–Kier alpha value is -6.83. The van der Waals surface area contributed by atoms with Crippen LogP contribution in [0.4, 0.5) is 0 Å². The minimum Gasteiger partial charge on any atom is -0.366 e. The molecule has 322 valence electrons. The van der Waals surface area contributed by atoms with E-state index in [9.17, 15) is 0 Å². The van der Waals surface area contributed by atoms with Crippen molar-refractivity contribution in [3.05, 3.63) is 169 Å². The van der Waals surface area contributed by atoms with Crippen molar-refractivity contribution in [1.29, 1.82) is 0 Å². The number of hydrogen-bond donors (Lipinski definition) is 0. The van der Waals surface area contributed by atoms with Crippen LogP contribution in [-0.2, 0) is 38.2 Å². The average Bonchev–Trinajstić information content (AvgIpc) is 3.94. The Labute approximate surface area is 389 Å². The van der Waals surface area contributed by atoms with E-state index >= 15 is 0 Å². The number of aromatic nitrogens is 8. The molecule has 8 nitrogen and oxygen atoms in total. The van der Waals surface area contributed by atoms with Gasteiger partial charge in [0.15, 0.2) is 0 Å². The van der Waals surface area contributed by atoms with Crippen molar-refractivity contribution in [2.45, 2.75) is 77.0 Å². The molecule has 2 aromatic heterocycles. The van der Waals surface area contributed by atoms with E-state index in [1.807, 2.05) is 24.3 Å². The van der Waals surface area contributed by atoms with Crippen molar-refractivity contribution >= 4 is 22.1 Å². The molecule has 0 saturated carbocycles. The standard InChI is InChI=1S/C56H48N8.Ni/c1-53(2)49-60-47-43-39(35-25-17-11-18-26-35)31-29-37(33-21-13-9-14-22-33)41(43)45(58-47)57-46-42-38(34-23-15-10-16-24-34)30-32-40(36-27-19-12-20-28-36)44(42)48(59-46)61-50-54(3,4)56(7,8)52(63-50)64-51(62-49)55(53,5)6;/h9-32H,1-8H3;/q-2;+2. The molecule has 3 aliphatic heterocycles. The monoisotopic (exact) mass is 890 g/mol. The first-order valence-corrected chi connectivity index (χ1v) is 22.0. The van der Waals surface area contributed by atoms with E-state index in [4.69, 9.17) is 39.9 Å². The van der Waals surface area contributed by atoms with Gasteiger partial charge in [-0.15, -0.1) is 0 Å². The number of fused-ring (bicyclic) bond motifs is 14. The van der Waals surface area contributed by atoms with Crippen molar-refractivity contribution in [2.24, 2.45) is 0 Å². The van der Waals surface area contributed by atoms with E-state index in [-0.39, 0.29) is 16.5 Å². The summed E-state index contributed by atoms with van der Waals surface area (Å²) in [7, 11) is 0. The van der Waals surface area contributed by atoms with Crippen LogP contribution in [0.2, 0.25) is 0 Å². The Balaban J connectivity index is 0.00000498. The summed E-state index contributed by atoms with van der Waals surface area (Å²) in [5, 5.41) is 1.78. The SMILES string of the molecule is CC1(C)c2nc(nc3[n-]c(nc4nc(nc5[n-]c(n2)C(C)(C)C5(C)C)-c2c(-c5ccccc5)ccc(-c5ccccc5)c2-4)c2c(-c4ccccc4)ccc(-c4ccccc4)c32)C1(C)C.[Ni+2]. The summed E-state index contributed by atoms with van der Waals surface area (Å²) >= 11 is 0. The fraction of sp³-hybridized carbons (Fsp3) is 0.214. The normalized spacial score (nSPS) is 15.8. The van der Waals surface area contributed by atoms with Crippen LogP contribution in [0.15, 0.2) is 146 Å². The topological polar surface area (TPSA) is 106 Å². The van der Waals surface area contributed by atoms with Crippen LogP contribution in [-0.4, -0.2) is 29.9 Å². The van der Waals surface area contributed by atoms with E-state index in [0.29, 0.717) is 46.2 Å². The van der Waals surface area contributed by atoms with Crippen molar-refractivity contribution in [2.75, 3.05) is 0 Å². The Morgan fingerprint density at radius 2 is 0.677 bits per heavy atom. The van der Waals surface area contributed by atoms with Gasteiger partial charge in [0.1, 0.15) is 0 Å². The second-order valence-electron chi connectivity index (χ2n) is 19.3. The molecule has 8 bridgehead atoms. The largest absolute Gasteiger partial charge is 2.00 e. The van der Waals surface area contributed by atoms with Gasteiger partial charge in [-0.2, -0.15) is 0 Å². The van der Waals surface area contributed by atoms with Gasteiger partial charge in [0, 0.05) is 54.9 Å². The van der Waals surface area contributed by atoms with Crippen LogP contribution in [0.5, 0.6) is 0 Å². The maximum absolute atomic E-state index is 5.63. The van der Waals surface area contributed by atoms with Crippen LogP contribution < -0.4 is 9.97 Å². The van der Waals surface area contributed by atoms with Gasteiger partial charge in [-0.05, 0) is 56.2 Å². The van der Waals surface area contributed by atoms with Gasteiger partial charge in [0.25, 0.3) is 0 Å². The second-order valence-corrected chi connectivity index (χ2v) is 19.3.